The van der Waals surface area contributed by atoms with Gasteiger partial charge in [-0.15, -0.1) is 0 Å². The predicted octanol–water partition coefficient (Wildman–Crippen LogP) is 1.89. The fourth-order valence-corrected chi connectivity index (χ4v) is 3.74. The van der Waals surface area contributed by atoms with Crippen molar-refractivity contribution in [3.05, 3.63) is 28.5 Å². The summed E-state index contributed by atoms with van der Waals surface area (Å²) >= 11 is 0. The van der Waals surface area contributed by atoms with Crippen molar-refractivity contribution >= 4 is 11.1 Å². The van der Waals surface area contributed by atoms with Crippen LogP contribution < -0.4 is 5.69 Å². The Bertz CT molecular complexity index is 843. The zero-order valence-electron chi connectivity index (χ0n) is 16.5. The van der Waals surface area contributed by atoms with Gasteiger partial charge in [0.15, 0.2) is 6.23 Å². The molecule has 28 heavy (non-hydrogen) atoms. The molecule has 1 fully saturated rings. The summed E-state index contributed by atoms with van der Waals surface area (Å²) in [5, 5.41) is 30.7. The molecule has 0 spiro atoms. The van der Waals surface area contributed by atoms with E-state index in [-0.39, 0.29) is 5.71 Å². The molecule has 0 radical (unpaired) electrons. The number of hydrogen-bond donors (Lipinski definition) is 3. The van der Waals surface area contributed by atoms with E-state index < -0.39 is 36.3 Å². The van der Waals surface area contributed by atoms with Crippen molar-refractivity contribution in [2.45, 2.75) is 82.8 Å². The van der Waals surface area contributed by atoms with E-state index in [1.54, 1.807) is 0 Å². The molecule has 0 unspecified atom stereocenters. The fourth-order valence-electron chi connectivity index (χ4n) is 3.74. The minimum atomic E-state index is -1.74. The number of aliphatic hydroxyl groups is 3. The second-order valence-electron chi connectivity index (χ2n) is 7.80. The molecule has 0 saturated carbocycles. The summed E-state index contributed by atoms with van der Waals surface area (Å²) < 4.78 is 12.4. The maximum absolute atomic E-state index is 12.4. The Hall–Kier alpha value is -1.74. The van der Waals surface area contributed by atoms with Gasteiger partial charge in [0.1, 0.15) is 23.6 Å². The quantitative estimate of drug-likeness (QED) is 0.556. The predicted molar refractivity (Wildman–Crippen MR) is 103 cm³/mol. The van der Waals surface area contributed by atoms with Crippen LogP contribution in [0.2, 0.25) is 0 Å². The van der Waals surface area contributed by atoms with Gasteiger partial charge >= 0.3 is 5.69 Å². The average molecular weight is 394 g/mol. The molecule has 4 atom stereocenters. The fraction of sp³-hybridized carbons (Fsp3) is 0.700. The van der Waals surface area contributed by atoms with Gasteiger partial charge in [0.25, 0.3) is 0 Å². The van der Waals surface area contributed by atoms with Gasteiger partial charge in [0.05, 0.1) is 12.0 Å². The van der Waals surface area contributed by atoms with E-state index in [4.69, 9.17) is 9.15 Å². The molecule has 8 heteroatoms. The average Bonchev–Trinajstić information content (AvgIpc) is 3.15. The Balaban J connectivity index is 1.75. The minimum Gasteiger partial charge on any atom is -0.443 e. The van der Waals surface area contributed by atoms with E-state index in [9.17, 15) is 20.1 Å². The van der Waals surface area contributed by atoms with E-state index >= 15 is 0 Å². The summed E-state index contributed by atoms with van der Waals surface area (Å²) in [5.41, 5.74) is -2.14. The monoisotopic (exact) mass is 394 g/mol. The summed E-state index contributed by atoms with van der Waals surface area (Å²) in [4.78, 5) is 16.4. The highest BCUT2D eigenvalue weighted by molar-refractivity contribution is 5.72. The molecule has 1 aliphatic rings. The lowest BCUT2D eigenvalue weighted by Gasteiger charge is -2.27. The molecule has 8 nitrogen and oxygen atoms in total. The Labute approximate surface area is 163 Å². The number of ether oxygens (including phenoxy) is 1. The van der Waals surface area contributed by atoms with E-state index in [1.165, 1.54) is 38.8 Å². The van der Waals surface area contributed by atoms with Crippen LogP contribution >= 0.6 is 0 Å². The number of unbranched alkanes of at least 4 members (excludes halogenated alkanes) is 5. The summed E-state index contributed by atoms with van der Waals surface area (Å²) in [6.07, 6.45) is 5.94. The van der Waals surface area contributed by atoms with Gasteiger partial charge in [-0.05, 0) is 19.4 Å². The molecule has 156 valence electrons. The molecule has 1 saturated heterocycles. The van der Waals surface area contributed by atoms with E-state index in [0.717, 1.165) is 29.6 Å². The van der Waals surface area contributed by atoms with Gasteiger partial charge in [-0.3, -0.25) is 4.57 Å². The smallest absolute Gasteiger partial charge is 0.353 e. The third kappa shape index (κ3) is 4.15. The van der Waals surface area contributed by atoms with Crippen LogP contribution in [0.5, 0.6) is 0 Å². The summed E-state index contributed by atoms with van der Waals surface area (Å²) in [6.45, 7) is 3.10. The second kappa shape index (κ2) is 8.73. The second-order valence-corrected chi connectivity index (χ2v) is 7.80. The highest BCUT2D eigenvalue weighted by Crippen LogP contribution is 2.37. The first kappa shape index (κ1) is 21.0. The van der Waals surface area contributed by atoms with Crippen LogP contribution in [0.3, 0.4) is 0 Å². The number of aliphatic hydroxyl groups excluding tert-OH is 2. The molecule has 3 N–H and O–H groups in total. The van der Waals surface area contributed by atoms with Gasteiger partial charge < -0.3 is 24.5 Å². The van der Waals surface area contributed by atoms with Crippen molar-refractivity contribution in [3.63, 3.8) is 0 Å². The maximum Gasteiger partial charge on any atom is 0.353 e. The third-order valence-electron chi connectivity index (χ3n) is 5.45. The molecule has 0 aliphatic carbocycles. The first-order chi connectivity index (χ1) is 13.4. The van der Waals surface area contributed by atoms with Crippen molar-refractivity contribution in [2.24, 2.45) is 0 Å². The lowest BCUT2D eigenvalue weighted by Crippen LogP contribution is -2.46. The van der Waals surface area contributed by atoms with Gasteiger partial charge in [0, 0.05) is 12.6 Å². The number of nitrogens with zero attached hydrogens (tertiary/aromatic N) is 2. The van der Waals surface area contributed by atoms with Crippen LogP contribution in [-0.2, 0) is 11.2 Å². The van der Waals surface area contributed by atoms with E-state index in [0.29, 0.717) is 5.39 Å². The van der Waals surface area contributed by atoms with Gasteiger partial charge in [0.2, 0.25) is 5.71 Å². The van der Waals surface area contributed by atoms with Crippen molar-refractivity contribution < 1.29 is 24.5 Å². The first-order valence-electron chi connectivity index (χ1n) is 10.1. The molecular weight excluding hydrogens is 364 g/mol. The number of fused-ring (bicyclic) bond motifs is 1. The molecule has 0 amide bonds. The van der Waals surface area contributed by atoms with Crippen LogP contribution in [0, 0.1) is 0 Å². The van der Waals surface area contributed by atoms with E-state index in [2.05, 4.69) is 11.9 Å². The molecule has 0 aromatic carbocycles. The van der Waals surface area contributed by atoms with Crippen molar-refractivity contribution in [1.82, 2.24) is 9.55 Å². The number of aryl methyl sites for hydroxylation is 1. The number of aromatic nitrogens is 2. The van der Waals surface area contributed by atoms with Crippen molar-refractivity contribution in [2.75, 3.05) is 6.61 Å². The standard InChI is InChI=1S/C20H30N2O6/c1-3-4-5-6-7-8-9-14-10-13-11-22(19(25)21-17(13)27-14)18-20(2,26)16(24)15(12-23)28-18/h10-11,15-16,18,23-24,26H,3-9,12H2,1-2H3/t15-,16-,18-,20-/m1/s1. The van der Waals surface area contributed by atoms with Crippen LogP contribution in [0.25, 0.3) is 11.1 Å². The molecule has 3 rings (SSSR count). The summed E-state index contributed by atoms with van der Waals surface area (Å²) in [7, 11) is 0. The topological polar surface area (TPSA) is 118 Å². The first-order valence-corrected chi connectivity index (χ1v) is 10.1. The van der Waals surface area contributed by atoms with Gasteiger partial charge in [-0.2, -0.15) is 4.98 Å². The minimum absolute atomic E-state index is 0.249. The van der Waals surface area contributed by atoms with Crippen LogP contribution in [0.1, 0.15) is 64.4 Å². The third-order valence-corrected chi connectivity index (χ3v) is 5.45. The molecule has 0 bridgehead atoms. The Kier molecular flexibility index (Phi) is 6.54. The molecule has 2 aromatic rings. The van der Waals surface area contributed by atoms with Crippen LogP contribution in [-0.4, -0.2) is 49.3 Å². The summed E-state index contributed by atoms with van der Waals surface area (Å²) in [5.74, 6) is 0.766. The number of furan rings is 1. The Morgan fingerprint density at radius 1 is 1.25 bits per heavy atom. The zero-order chi connectivity index (χ0) is 20.3. The van der Waals surface area contributed by atoms with Crippen molar-refractivity contribution in [1.29, 1.82) is 0 Å². The Morgan fingerprint density at radius 2 is 1.96 bits per heavy atom. The Morgan fingerprint density at radius 3 is 2.64 bits per heavy atom. The number of hydrogen-bond acceptors (Lipinski definition) is 7. The lowest BCUT2D eigenvalue weighted by molar-refractivity contribution is -0.0985. The maximum atomic E-state index is 12.4. The molecular formula is C20H30N2O6. The number of rotatable bonds is 9. The lowest BCUT2D eigenvalue weighted by atomic mass is 9.96. The van der Waals surface area contributed by atoms with Crippen LogP contribution in [0.4, 0.5) is 0 Å². The molecule has 1 aliphatic heterocycles. The zero-order valence-corrected chi connectivity index (χ0v) is 16.5. The van der Waals surface area contributed by atoms with Crippen molar-refractivity contribution in [3.8, 4) is 0 Å². The van der Waals surface area contributed by atoms with Gasteiger partial charge in [-0.1, -0.05) is 39.0 Å². The van der Waals surface area contributed by atoms with Crippen LogP contribution in [0.15, 0.2) is 21.5 Å². The van der Waals surface area contributed by atoms with Gasteiger partial charge in [-0.25, -0.2) is 4.79 Å². The molecule has 2 aromatic heterocycles. The normalized spacial score (nSPS) is 27.7. The largest absolute Gasteiger partial charge is 0.443 e. The van der Waals surface area contributed by atoms with E-state index in [1.807, 2.05) is 6.07 Å². The SMILES string of the molecule is CCCCCCCCc1cc2cn([C@@H]3O[C@H](CO)[C@@H](O)[C@@]3(C)O)c(=O)nc2o1. The highest BCUT2D eigenvalue weighted by Gasteiger charge is 2.53. The molecule has 3 heterocycles. The summed E-state index contributed by atoms with van der Waals surface area (Å²) in [6, 6.07) is 1.84. The highest BCUT2D eigenvalue weighted by atomic mass is 16.6.